The molecule has 0 radical (unpaired) electrons. The highest BCUT2D eigenvalue weighted by atomic mass is 15.3. The van der Waals surface area contributed by atoms with Crippen molar-refractivity contribution in [2.45, 2.75) is 27.7 Å². The number of fused-ring (bicyclic) bond motifs is 2. The Labute approximate surface area is 137 Å². The van der Waals surface area contributed by atoms with Gasteiger partial charge < -0.3 is 0 Å². The molecule has 24 heavy (non-hydrogen) atoms. The lowest BCUT2D eigenvalue weighted by atomic mass is 10.4. The van der Waals surface area contributed by atoms with Crippen LogP contribution in [0.15, 0.2) is 12.4 Å². The lowest BCUT2D eigenvalue weighted by Gasteiger charge is -1.97. The summed E-state index contributed by atoms with van der Waals surface area (Å²) in [6.45, 7) is 7.73. The molecular formula is C16H16N8. The molecule has 8 heteroatoms. The van der Waals surface area contributed by atoms with E-state index in [1.165, 1.54) is 0 Å². The van der Waals surface area contributed by atoms with Gasteiger partial charge in [-0.05, 0) is 39.8 Å². The molecule has 0 aliphatic carbocycles. The van der Waals surface area contributed by atoms with Crippen molar-refractivity contribution in [3.8, 4) is 0 Å². The number of hydrogen-bond donors (Lipinski definition) is 0. The van der Waals surface area contributed by atoms with E-state index in [0.717, 1.165) is 34.1 Å². The maximum absolute atomic E-state index is 4.51. The molecule has 0 unspecified atom stereocenters. The van der Waals surface area contributed by atoms with Crippen LogP contribution >= 0.6 is 0 Å². The first kappa shape index (κ1) is 14.4. The molecule has 4 aromatic rings. The Bertz CT molecular complexity index is 936. The minimum Gasteiger partial charge on any atom is -0.256 e. The molecule has 120 valence electrons. The van der Waals surface area contributed by atoms with Gasteiger partial charge in [0.1, 0.15) is 0 Å². The molecule has 0 aromatic carbocycles. The fourth-order valence-corrected chi connectivity index (χ4v) is 2.51. The molecule has 4 rings (SSSR count). The van der Waals surface area contributed by atoms with Gasteiger partial charge in [-0.3, -0.25) is 9.97 Å². The Hall–Kier alpha value is -3.16. The summed E-state index contributed by atoms with van der Waals surface area (Å²) >= 11 is 0. The van der Waals surface area contributed by atoms with Crippen molar-refractivity contribution < 1.29 is 0 Å². The van der Waals surface area contributed by atoms with E-state index in [1.54, 1.807) is 33.6 Å². The van der Waals surface area contributed by atoms with Gasteiger partial charge in [-0.2, -0.15) is 0 Å². The van der Waals surface area contributed by atoms with Gasteiger partial charge in [0, 0.05) is 12.4 Å². The van der Waals surface area contributed by atoms with E-state index in [1.807, 2.05) is 27.7 Å². The zero-order valence-electron chi connectivity index (χ0n) is 13.9. The molecule has 0 aliphatic rings. The quantitative estimate of drug-likeness (QED) is 0.561. The zero-order chi connectivity index (χ0) is 16.8. The van der Waals surface area contributed by atoms with Crippen LogP contribution in [0.5, 0.6) is 0 Å². The van der Waals surface area contributed by atoms with Crippen LogP contribution in [0.4, 0.5) is 0 Å². The lowest BCUT2D eigenvalue weighted by Crippen LogP contribution is -1.97. The molecule has 4 aromatic heterocycles. The van der Waals surface area contributed by atoms with Gasteiger partial charge in [0.15, 0.2) is 22.9 Å². The van der Waals surface area contributed by atoms with E-state index in [4.69, 9.17) is 0 Å². The standard InChI is InChI=1S/C16H16N8/c1-9-7-17-11(3)15-19-13(21-23(9)15)5-6-14-20-16-12(4)18-8-10(2)24(16)22-14/h5-8H,1-4H3. The van der Waals surface area contributed by atoms with E-state index < -0.39 is 0 Å². The monoisotopic (exact) mass is 320 g/mol. The van der Waals surface area contributed by atoms with Crippen LogP contribution < -0.4 is 0 Å². The van der Waals surface area contributed by atoms with Crippen molar-refractivity contribution in [2.75, 3.05) is 0 Å². The summed E-state index contributed by atoms with van der Waals surface area (Å²) in [5.74, 6) is 1.19. The van der Waals surface area contributed by atoms with Crippen molar-refractivity contribution in [1.29, 1.82) is 0 Å². The first-order valence-electron chi connectivity index (χ1n) is 7.59. The van der Waals surface area contributed by atoms with E-state index in [0.29, 0.717) is 11.6 Å². The van der Waals surface area contributed by atoms with E-state index in [2.05, 4.69) is 30.1 Å². The molecule has 0 amide bonds. The molecule has 0 spiro atoms. The summed E-state index contributed by atoms with van der Waals surface area (Å²) in [5.41, 5.74) is 5.07. The van der Waals surface area contributed by atoms with Crippen molar-refractivity contribution in [3.63, 3.8) is 0 Å². The van der Waals surface area contributed by atoms with Crippen LogP contribution in [0, 0.1) is 27.7 Å². The maximum atomic E-state index is 4.51. The molecule has 0 atom stereocenters. The first-order valence-corrected chi connectivity index (χ1v) is 7.59. The van der Waals surface area contributed by atoms with Gasteiger partial charge in [0.2, 0.25) is 0 Å². The predicted molar refractivity (Wildman–Crippen MR) is 89.4 cm³/mol. The number of aryl methyl sites for hydroxylation is 4. The average Bonchev–Trinajstić information content (AvgIpc) is 3.18. The first-order chi connectivity index (χ1) is 11.5. The van der Waals surface area contributed by atoms with Crippen LogP contribution in [0.2, 0.25) is 0 Å². The third kappa shape index (κ3) is 2.23. The molecule has 0 bridgehead atoms. The van der Waals surface area contributed by atoms with Crippen molar-refractivity contribution >= 4 is 23.4 Å². The topological polar surface area (TPSA) is 86.2 Å². The molecule has 0 saturated carbocycles. The molecule has 0 fully saturated rings. The second-order valence-corrected chi connectivity index (χ2v) is 5.71. The third-order valence-corrected chi connectivity index (χ3v) is 3.83. The Morgan fingerprint density at radius 1 is 0.708 bits per heavy atom. The van der Waals surface area contributed by atoms with Crippen molar-refractivity contribution in [1.82, 2.24) is 39.2 Å². The Morgan fingerprint density at radius 3 is 1.50 bits per heavy atom. The number of hydrogen-bond acceptors (Lipinski definition) is 6. The van der Waals surface area contributed by atoms with Gasteiger partial charge in [-0.25, -0.2) is 19.0 Å². The summed E-state index contributed by atoms with van der Waals surface area (Å²) in [6, 6.07) is 0. The minimum absolute atomic E-state index is 0.597. The van der Waals surface area contributed by atoms with Crippen molar-refractivity contribution in [2.24, 2.45) is 0 Å². The molecular weight excluding hydrogens is 304 g/mol. The van der Waals surface area contributed by atoms with E-state index in [9.17, 15) is 0 Å². The highest BCUT2D eigenvalue weighted by molar-refractivity contribution is 5.65. The second-order valence-electron chi connectivity index (χ2n) is 5.71. The predicted octanol–water partition coefficient (Wildman–Crippen LogP) is 1.97. The fraction of sp³-hybridized carbons (Fsp3) is 0.250. The molecule has 4 heterocycles. The SMILES string of the molecule is Cc1ncc(C)n2nc(C=Cc3nc4c(C)ncc(C)n4n3)nc12. The fourth-order valence-electron chi connectivity index (χ4n) is 2.51. The Morgan fingerprint density at radius 2 is 1.12 bits per heavy atom. The number of aromatic nitrogens is 8. The van der Waals surface area contributed by atoms with Crippen LogP contribution in [0.3, 0.4) is 0 Å². The highest BCUT2D eigenvalue weighted by Crippen LogP contribution is 2.12. The lowest BCUT2D eigenvalue weighted by molar-refractivity contribution is 0.882. The summed E-state index contributed by atoms with van der Waals surface area (Å²) in [6.07, 6.45) is 7.18. The van der Waals surface area contributed by atoms with Crippen LogP contribution in [0.25, 0.3) is 23.4 Å². The maximum Gasteiger partial charge on any atom is 0.177 e. The summed E-state index contributed by atoms with van der Waals surface area (Å²) in [4.78, 5) is 17.6. The zero-order valence-corrected chi connectivity index (χ0v) is 13.9. The minimum atomic E-state index is 0.597. The second kappa shape index (κ2) is 5.19. The van der Waals surface area contributed by atoms with Crippen LogP contribution in [-0.2, 0) is 0 Å². The van der Waals surface area contributed by atoms with Gasteiger partial charge in [-0.15, -0.1) is 10.2 Å². The van der Waals surface area contributed by atoms with Crippen molar-refractivity contribution in [3.05, 3.63) is 46.8 Å². The molecule has 0 aliphatic heterocycles. The summed E-state index contributed by atoms with van der Waals surface area (Å²) in [7, 11) is 0. The normalized spacial score (nSPS) is 12.0. The van der Waals surface area contributed by atoms with E-state index >= 15 is 0 Å². The summed E-state index contributed by atoms with van der Waals surface area (Å²) in [5, 5.41) is 8.96. The van der Waals surface area contributed by atoms with Crippen LogP contribution in [-0.4, -0.2) is 39.2 Å². The van der Waals surface area contributed by atoms with E-state index in [-0.39, 0.29) is 0 Å². The highest BCUT2D eigenvalue weighted by Gasteiger charge is 2.09. The Balaban J connectivity index is 1.75. The van der Waals surface area contributed by atoms with Crippen LogP contribution in [0.1, 0.15) is 34.4 Å². The molecule has 8 nitrogen and oxygen atoms in total. The average molecular weight is 320 g/mol. The smallest absolute Gasteiger partial charge is 0.177 e. The largest absolute Gasteiger partial charge is 0.256 e. The third-order valence-electron chi connectivity index (χ3n) is 3.83. The molecule has 0 N–H and O–H groups in total. The van der Waals surface area contributed by atoms with Gasteiger partial charge >= 0.3 is 0 Å². The van der Waals surface area contributed by atoms with Gasteiger partial charge in [0.25, 0.3) is 0 Å². The van der Waals surface area contributed by atoms with Gasteiger partial charge in [0.05, 0.1) is 22.8 Å². The molecule has 0 saturated heterocycles. The number of nitrogens with zero attached hydrogens (tertiary/aromatic N) is 8. The number of rotatable bonds is 2. The Kier molecular flexibility index (Phi) is 3.12. The summed E-state index contributed by atoms with van der Waals surface area (Å²) < 4.78 is 3.58. The van der Waals surface area contributed by atoms with Gasteiger partial charge in [-0.1, -0.05) is 0 Å².